The zero-order valence-corrected chi connectivity index (χ0v) is 11.7. The number of hydrogen-bond acceptors (Lipinski definition) is 3. The highest BCUT2D eigenvalue weighted by Crippen LogP contribution is 2.32. The zero-order chi connectivity index (χ0) is 13.1. The Morgan fingerprint density at radius 3 is 2.33 bits per heavy atom. The number of ether oxygens (including phenoxy) is 1. The van der Waals surface area contributed by atoms with Crippen molar-refractivity contribution in [3.63, 3.8) is 0 Å². The summed E-state index contributed by atoms with van der Waals surface area (Å²) in [4.78, 5) is 25.3. The first-order valence-electron chi connectivity index (χ1n) is 5.83. The van der Waals surface area contributed by atoms with Crippen molar-refractivity contribution >= 4 is 33.4 Å². The summed E-state index contributed by atoms with van der Waals surface area (Å²) in [7, 11) is 1.55. The van der Waals surface area contributed by atoms with Crippen molar-refractivity contribution in [2.24, 2.45) is 0 Å². The highest BCUT2D eigenvalue weighted by Gasteiger charge is 2.27. The first-order valence-corrected chi connectivity index (χ1v) is 6.62. The average molecular weight is 312 g/mol. The number of nitrogens with zero attached hydrogens (tertiary/aromatic N) is 1. The second kappa shape index (κ2) is 5.52. The van der Waals surface area contributed by atoms with Gasteiger partial charge in [-0.25, -0.2) is 4.90 Å². The van der Waals surface area contributed by atoms with Gasteiger partial charge >= 0.3 is 0 Å². The van der Waals surface area contributed by atoms with Gasteiger partial charge in [0.2, 0.25) is 11.8 Å². The van der Waals surface area contributed by atoms with E-state index in [0.717, 1.165) is 12.8 Å². The predicted molar refractivity (Wildman–Crippen MR) is 71.7 cm³/mol. The minimum atomic E-state index is -0.147. The number of carbonyl (C=O) groups is 2. The fraction of sp³-hybridized carbons (Fsp3) is 0.385. The Kier molecular flexibility index (Phi) is 4.01. The third-order valence-corrected chi connectivity index (χ3v) is 3.59. The highest BCUT2D eigenvalue weighted by molar-refractivity contribution is 9.10. The predicted octanol–water partition coefficient (Wildman–Crippen LogP) is 2.89. The lowest BCUT2D eigenvalue weighted by molar-refractivity contribution is -0.125. The van der Waals surface area contributed by atoms with Gasteiger partial charge in [0.25, 0.3) is 0 Å². The van der Waals surface area contributed by atoms with E-state index in [0.29, 0.717) is 28.8 Å². The van der Waals surface area contributed by atoms with E-state index in [1.807, 2.05) is 0 Å². The van der Waals surface area contributed by atoms with Crippen molar-refractivity contribution in [1.82, 2.24) is 0 Å². The van der Waals surface area contributed by atoms with Crippen LogP contribution in [0.1, 0.15) is 25.7 Å². The highest BCUT2D eigenvalue weighted by atomic mass is 79.9. The molecular weight excluding hydrogens is 298 g/mol. The van der Waals surface area contributed by atoms with Gasteiger partial charge in [-0.15, -0.1) is 0 Å². The van der Waals surface area contributed by atoms with Gasteiger partial charge in [-0.1, -0.05) is 0 Å². The Bertz CT molecular complexity index is 469. The van der Waals surface area contributed by atoms with Crippen LogP contribution in [0.3, 0.4) is 0 Å². The van der Waals surface area contributed by atoms with Crippen molar-refractivity contribution in [3.05, 3.63) is 22.7 Å². The molecule has 1 heterocycles. The van der Waals surface area contributed by atoms with Crippen molar-refractivity contribution in [1.29, 1.82) is 0 Å². The molecule has 0 saturated carbocycles. The summed E-state index contributed by atoms with van der Waals surface area (Å²) < 4.78 is 5.85. The van der Waals surface area contributed by atoms with Gasteiger partial charge in [-0.05, 0) is 40.9 Å². The fourth-order valence-corrected chi connectivity index (χ4v) is 2.40. The molecule has 0 atom stereocenters. The normalized spacial score (nSPS) is 16.7. The lowest BCUT2D eigenvalue weighted by Gasteiger charge is -2.20. The van der Waals surface area contributed by atoms with Gasteiger partial charge in [0.1, 0.15) is 5.75 Å². The topological polar surface area (TPSA) is 46.6 Å². The SMILES string of the molecule is COc1ccc(Br)c(N2C(=O)CCCCC2=O)c1. The monoisotopic (exact) mass is 311 g/mol. The summed E-state index contributed by atoms with van der Waals surface area (Å²) in [5.74, 6) is 0.330. The van der Waals surface area contributed by atoms with E-state index < -0.39 is 0 Å². The first-order chi connectivity index (χ1) is 8.63. The largest absolute Gasteiger partial charge is 0.497 e. The van der Waals surface area contributed by atoms with Gasteiger partial charge in [0, 0.05) is 23.4 Å². The molecule has 1 fully saturated rings. The quantitative estimate of drug-likeness (QED) is 0.789. The molecule has 5 heteroatoms. The molecule has 0 N–H and O–H groups in total. The molecular formula is C13H14BrNO3. The second-order valence-corrected chi connectivity index (χ2v) is 5.00. The van der Waals surface area contributed by atoms with Crippen molar-refractivity contribution in [2.45, 2.75) is 25.7 Å². The standard InChI is InChI=1S/C13H14BrNO3/c1-18-9-6-7-10(14)11(8-9)15-12(16)4-2-3-5-13(15)17/h6-8H,2-5H2,1H3. The van der Waals surface area contributed by atoms with Gasteiger partial charge in [0.05, 0.1) is 12.8 Å². The number of halogens is 1. The number of methoxy groups -OCH3 is 1. The first kappa shape index (κ1) is 13.1. The maximum atomic E-state index is 12.0. The Morgan fingerprint density at radius 1 is 1.17 bits per heavy atom. The number of imide groups is 1. The fourth-order valence-electron chi connectivity index (χ4n) is 1.97. The summed E-state index contributed by atoms with van der Waals surface area (Å²) in [5, 5.41) is 0. The van der Waals surface area contributed by atoms with E-state index in [9.17, 15) is 9.59 Å². The molecule has 1 aliphatic heterocycles. The third kappa shape index (κ3) is 2.56. The Morgan fingerprint density at radius 2 is 1.78 bits per heavy atom. The smallest absolute Gasteiger partial charge is 0.233 e. The van der Waals surface area contributed by atoms with E-state index in [2.05, 4.69) is 15.9 Å². The number of benzene rings is 1. The molecule has 2 rings (SSSR count). The molecule has 1 aliphatic rings. The summed E-state index contributed by atoms with van der Waals surface area (Å²) in [6.45, 7) is 0. The zero-order valence-electron chi connectivity index (χ0n) is 10.1. The Labute approximate surface area is 114 Å². The van der Waals surface area contributed by atoms with Crippen LogP contribution < -0.4 is 9.64 Å². The van der Waals surface area contributed by atoms with E-state index in [4.69, 9.17) is 4.74 Å². The molecule has 0 aliphatic carbocycles. The van der Waals surface area contributed by atoms with Crippen LogP contribution in [0.25, 0.3) is 0 Å². The molecule has 18 heavy (non-hydrogen) atoms. The van der Waals surface area contributed by atoms with E-state index in [1.165, 1.54) is 4.90 Å². The molecule has 1 aromatic carbocycles. The molecule has 0 radical (unpaired) electrons. The maximum Gasteiger partial charge on any atom is 0.233 e. The summed E-state index contributed by atoms with van der Waals surface area (Å²) in [6.07, 6.45) is 2.36. The molecule has 0 unspecified atom stereocenters. The van der Waals surface area contributed by atoms with Crippen molar-refractivity contribution < 1.29 is 14.3 Å². The third-order valence-electron chi connectivity index (χ3n) is 2.92. The number of carbonyl (C=O) groups excluding carboxylic acids is 2. The summed E-state index contributed by atoms with van der Waals surface area (Å²) in [6, 6.07) is 5.26. The van der Waals surface area contributed by atoms with Crippen LogP contribution in [0.15, 0.2) is 22.7 Å². The van der Waals surface area contributed by atoms with Crippen LogP contribution in [0, 0.1) is 0 Å². The Balaban J connectivity index is 2.44. The molecule has 0 spiro atoms. The molecule has 1 saturated heterocycles. The lowest BCUT2D eigenvalue weighted by Crippen LogP contribution is -2.35. The Hall–Kier alpha value is -1.36. The molecule has 4 nitrogen and oxygen atoms in total. The van der Waals surface area contributed by atoms with Crippen molar-refractivity contribution in [2.75, 3.05) is 12.0 Å². The van der Waals surface area contributed by atoms with Crippen LogP contribution >= 0.6 is 15.9 Å². The van der Waals surface area contributed by atoms with E-state index >= 15 is 0 Å². The van der Waals surface area contributed by atoms with Crippen LogP contribution in [0.2, 0.25) is 0 Å². The van der Waals surface area contributed by atoms with Crippen molar-refractivity contribution in [3.8, 4) is 5.75 Å². The number of hydrogen-bond donors (Lipinski definition) is 0. The molecule has 96 valence electrons. The summed E-state index contributed by atoms with van der Waals surface area (Å²) in [5.41, 5.74) is 0.561. The van der Waals surface area contributed by atoms with Crippen LogP contribution in [-0.4, -0.2) is 18.9 Å². The van der Waals surface area contributed by atoms with Crippen LogP contribution in [0.5, 0.6) is 5.75 Å². The lowest BCUT2D eigenvalue weighted by atomic mass is 10.2. The minimum absolute atomic E-state index is 0.147. The number of anilines is 1. The summed E-state index contributed by atoms with van der Waals surface area (Å²) >= 11 is 3.37. The van der Waals surface area contributed by atoms with Crippen LogP contribution in [-0.2, 0) is 9.59 Å². The molecule has 1 aromatic rings. The number of rotatable bonds is 2. The van der Waals surface area contributed by atoms with Gasteiger partial charge in [0.15, 0.2) is 0 Å². The van der Waals surface area contributed by atoms with E-state index in [1.54, 1.807) is 25.3 Å². The second-order valence-electron chi connectivity index (χ2n) is 4.15. The molecule has 0 aromatic heterocycles. The molecule has 0 bridgehead atoms. The average Bonchev–Trinajstić information content (AvgIpc) is 2.52. The maximum absolute atomic E-state index is 12.0. The van der Waals surface area contributed by atoms with Gasteiger partial charge < -0.3 is 4.74 Å². The van der Waals surface area contributed by atoms with Gasteiger partial charge in [-0.3, -0.25) is 9.59 Å². The van der Waals surface area contributed by atoms with E-state index in [-0.39, 0.29) is 11.8 Å². The minimum Gasteiger partial charge on any atom is -0.497 e. The van der Waals surface area contributed by atoms with Crippen LogP contribution in [0.4, 0.5) is 5.69 Å². The number of amides is 2. The van der Waals surface area contributed by atoms with Gasteiger partial charge in [-0.2, -0.15) is 0 Å². The molecule has 2 amide bonds.